The monoisotopic (exact) mass is 363 g/mol. The van der Waals surface area contributed by atoms with Crippen LogP contribution in [-0.4, -0.2) is 60.4 Å². The van der Waals surface area contributed by atoms with E-state index in [9.17, 15) is 14.4 Å². The lowest BCUT2D eigenvalue weighted by molar-refractivity contribution is -0.196. The number of hydrogen-bond donors (Lipinski definition) is 0. The fraction of sp³-hybridized carbons (Fsp3) is 0.500. The molecule has 1 aromatic rings. The molecule has 0 N–H and O–H groups in total. The molecule has 0 saturated carbocycles. The molecule has 2 fully saturated rings. The van der Waals surface area contributed by atoms with Crippen molar-refractivity contribution in [1.29, 1.82) is 0 Å². The summed E-state index contributed by atoms with van der Waals surface area (Å²) < 4.78 is 21.8. The first-order valence-corrected chi connectivity index (χ1v) is 8.39. The van der Waals surface area contributed by atoms with E-state index in [1.165, 1.54) is 18.7 Å². The highest BCUT2D eigenvalue weighted by Gasteiger charge is 2.53. The van der Waals surface area contributed by atoms with Gasteiger partial charge in [0.2, 0.25) is 0 Å². The lowest BCUT2D eigenvalue weighted by Crippen LogP contribution is -2.63. The van der Waals surface area contributed by atoms with E-state index >= 15 is 0 Å². The first kappa shape index (κ1) is 18.2. The number of fused-ring (bicyclic) bond motifs is 1. The van der Waals surface area contributed by atoms with Crippen molar-refractivity contribution in [2.75, 3.05) is 13.2 Å². The summed E-state index contributed by atoms with van der Waals surface area (Å²) in [5.41, 5.74) is 0.934. The van der Waals surface area contributed by atoms with Crippen LogP contribution in [0.1, 0.15) is 19.4 Å². The van der Waals surface area contributed by atoms with Gasteiger partial charge in [0.1, 0.15) is 18.8 Å². The van der Waals surface area contributed by atoms with Crippen molar-refractivity contribution in [2.45, 2.75) is 44.8 Å². The van der Waals surface area contributed by atoms with Crippen molar-refractivity contribution >= 4 is 18.0 Å². The molecular formula is C18H21NO7. The van der Waals surface area contributed by atoms with E-state index < -0.39 is 42.4 Å². The van der Waals surface area contributed by atoms with Gasteiger partial charge in [-0.3, -0.25) is 14.5 Å². The van der Waals surface area contributed by atoms with Crippen molar-refractivity contribution in [3.63, 3.8) is 0 Å². The fourth-order valence-corrected chi connectivity index (χ4v) is 3.27. The van der Waals surface area contributed by atoms with Crippen LogP contribution < -0.4 is 0 Å². The summed E-state index contributed by atoms with van der Waals surface area (Å²) in [7, 11) is 0. The zero-order valence-electron chi connectivity index (χ0n) is 14.6. The van der Waals surface area contributed by atoms with E-state index in [1.807, 2.05) is 30.3 Å². The molecule has 1 aromatic carbocycles. The number of rotatable bonds is 5. The first-order valence-electron chi connectivity index (χ1n) is 8.39. The third kappa shape index (κ3) is 3.96. The molecule has 0 aliphatic carbocycles. The third-order valence-electron chi connectivity index (χ3n) is 4.37. The second-order valence-electron chi connectivity index (χ2n) is 6.28. The SMILES string of the molecule is CC(=O)O[C@H]1[C@H](OC(C)=O)[C@@H]2COC(=O)N2C[C@H]1OCc1ccccc1. The number of benzene rings is 1. The van der Waals surface area contributed by atoms with Crippen molar-refractivity contribution in [1.82, 2.24) is 4.90 Å². The van der Waals surface area contributed by atoms with Crippen LogP contribution in [0, 0.1) is 0 Å². The molecule has 2 aliphatic rings. The first-order chi connectivity index (χ1) is 12.5. The van der Waals surface area contributed by atoms with Gasteiger partial charge in [-0.1, -0.05) is 30.3 Å². The van der Waals surface area contributed by atoms with Gasteiger partial charge >= 0.3 is 18.0 Å². The number of carbonyl (C=O) groups excluding carboxylic acids is 3. The molecule has 2 saturated heterocycles. The van der Waals surface area contributed by atoms with E-state index in [-0.39, 0.29) is 19.8 Å². The summed E-state index contributed by atoms with van der Waals surface area (Å²) in [6.45, 7) is 3.07. The standard InChI is InChI=1S/C18H21NO7/c1-11(20)25-16-14-10-24-18(22)19(14)8-15(17(16)26-12(2)21)23-9-13-6-4-3-5-7-13/h3-7,14-17H,8-10H2,1-2H3/t14-,15+,16+,17+/m0/s1. The number of carbonyl (C=O) groups is 3. The Bertz CT molecular complexity index is 677. The van der Waals surface area contributed by atoms with Crippen molar-refractivity contribution in [3.8, 4) is 0 Å². The van der Waals surface area contributed by atoms with Gasteiger partial charge in [0.05, 0.1) is 13.2 Å². The maximum absolute atomic E-state index is 12.0. The summed E-state index contributed by atoms with van der Waals surface area (Å²) in [6, 6.07) is 8.97. The second-order valence-corrected chi connectivity index (χ2v) is 6.28. The Balaban J connectivity index is 1.82. The molecule has 140 valence electrons. The summed E-state index contributed by atoms with van der Waals surface area (Å²) in [5.74, 6) is -1.05. The zero-order valence-corrected chi connectivity index (χ0v) is 14.6. The van der Waals surface area contributed by atoms with Gasteiger partial charge in [0.25, 0.3) is 0 Å². The normalized spacial score (nSPS) is 27.5. The molecular weight excluding hydrogens is 342 g/mol. The highest BCUT2D eigenvalue weighted by molar-refractivity contribution is 5.72. The number of ether oxygens (including phenoxy) is 4. The smallest absolute Gasteiger partial charge is 0.410 e. The van der Waals surface area contributed by atoms with Crippen molar-refractivity contribution in [2.24, 2.45) is 0 Å². The van der Waals surface area contributed by atoms with Crippen LogP contribution in [0.2, 0.25) is 0 Å². The number of hydrogen-bond acceptors (Lipinski definition) is 7. The Hall–Kier alpha value is -2.61. The topological polar surface area (TPSA) is 91.4 Å². The Morgan fingerprint density at radius 2 is 1.77 bits per heavy atom. The molecule has 4 atom stereocenters. The van der Waals surface area contributed by atoms with Crippen LogP contribution in [-0.2, 0) is 35.1 Å². The number of amides is 1. The molecule has 1 amide bonds. The average molecular weight is 363 g/mol. The molecule has 26 heavy (non-hydrogen) atoms. The van der Waals surface area contributed by atoms with E-state index in [2.05, 4.69) is 0 Å². The molecule has 8 heteroatoms. The average Bonchev–Trinajstić information content (AvgIpc) is 2.96. The minimum atomic E-state index is -0.850. The van der Waals surface area contributed by atoms with Crippen molar-refractivity contribution < 1.29 is 33.3 Å². The molecule has 0 radical (unpaired) electrons. The highest BCUT2D eigenvalue weighted by atomic mass is 16.6. The van der Waals surface area contributed by atoms with Gasteiger partial charge in [0, 0.05) is 13.8 Å². The van der Waals surface area contributed by atoms with Crippen LogP contribution in [0.3, 0.4) is 0 Å². The molecule has 0 aromatic heterocycles. The Kier molecular flexibility index (Phi) is 5.41. The lowest BCUT2D eigenvalue weighted by Gasteiger charge is -2.42. The number of piperidine rings is 1. The maximum Gasteiger partial charge on any atom is 0.410 e. The predicted octanol–water partition coefficient (Wildman–Crippen LogP) is 1.27. The summed E-state index contributed by atoms with van der Waals surface area (Å²) in [5, 5.41) is 0. The largest absolute Gasteiger partial charge is 0.456 e. The van der Waals surface area contributed by atoms with E-state index in [1.54, 1.807) is 0 Å². The van der Waals surface area contributed by atoms with E-state index in [0.29, 0.717) is 0 Å². The molecule has 0 unspecified atom stereocenters. The molecule has 0 spiro atoms. The van der Waals surface area contributed by atoms with Crippen LogP contribution in [0.5, 0.6) is 0 Å². The molecule has 3 rings (SSSR count). The highest BCUT2D eigenvalue weighted by Crippen LogP contribution is 2.30. The van der Waals surface area contributed by atoms with Gasteiger partial charge in [-0.2, -0.15) is 0 Å². The van der Waals surface area contributed by atoms with Gasteiger partial charge < -0.3 is 18.9 Å². The zero-order chi connectivity index (χ0) is 18.7. The Labute approximate surface area is 150 Å². The quantitative estimate of drug-likeness (QED) is 0.575. The van der Waals surface area contributed by atoms with Gasteiger partial charge in [0.15, 0.2) is 12.2 Å². The fourth-order valence-electron chi connectivity index (χ4n) is 3.27. The molecule has 2 heterocycles. The van der Waals surface area contributed by atoms with E-state index in [4.69, 9.17) is 18.9 Å². The second kappa shape index (κ2) is 7.74. The Morgan fingerprint density at radius 3 is 2.42 bits per heavy atom. The van der Waals surface area contributed by atoms with Crippen LogP contribution >= 0.6 is 0 Å². The van der Waals surface area contributed by atoms with E-state index in [0.717, 1.165) is 5.56 Å². The molecule has 0 bridgehead atoms. The van der Waals surface area contributed by atoms with Gasteiger partial charge in [-0.25, -0.2) is 4.79 Å². The lowest BCUT2D eigenvalue weighted by atomic mass is 9.94. The number of nitrogens with zero attached hydrogens (tertiary/aromatic N) is 1. The minimum absolute atomic E-state index is 0.0694. The predicted molar refractivity (Wildman–Crippen MR) is 88.0 cm³/mol. The van der Waals surface area contributed by atoms with Crippen LogP contribution in [0.25, 0.3) is 0 Å². The third-order valence-corrected chi connectivity index (χ3v) is 4.37. The molecule has 8 nitrogen and oxygen atoms in total. The van der Waals surface area contributed by atoms with Gasteiger partial charge in [-0.05, 0) is 5.56 Å². The van der Waals surface area contributed by atoms with Gasteiger partial charge in [-0.15, -0.1) is 0 Å². The minimum Gasteiger partial charge on any atom is -0.456 e. The number of esters is 2. The maximum atomic E-state index is 12.0. The summed E-state index contributed by atoms with van der Waals surface area (Å²) in [4.78, 5) is 36.6. The van der Waals surface area contributed by atoms with Crippen LogP contribution in [0.4, 0.5) is 4.79 Å². The van der Waals surface area contributed by atoms with Crippen molar-refractivity contribution in [3.05, 3.63) is 35.9 Å². The number of cyclic esters (lactones) is 1. The Morgan fingerprint density at radius 1 is 1.12 bits per heavy atom. The summed E-state index contributed by atoms with van der Waals surface area (Å²) >= 11 is 0. The van der Waals surface area contributed by atoms with Crippen LogP contribution in [0.15, 0.2) is 30.3 Å². The summed E-state index contributed by atoms with van der Waals surface area (Å²) in [6.07, 6.45) is -2.82. The molecule has 2 aliphatic heterocycles.